The highest BCUT2D eigenvalue weighted by atomic mass is 16.9. The number of hydrogen-bond donors (Lipinski definition) is 0. The van der Waals surface area contributed by atoms with Crippen molar-refractivity contribution < 1.29 is 14.2 Å². The van der Waals surface area contributed by atoms with Crippen molar-refractivity contribution in [3.05, 3.63) is 0 Å². The molecule has 0 amide bonds. The van der Waals surface area contributed by atoms with Crippen LogP contribution >= 0.6 is 0 Å². The average Bonchev–Trinajstić information content (AvgIpc) is 2.53. The maximum Gasteiger partial charge on any atom is 0.285 e. The Kier molecular flexibility index (Phi) is 14.4. The Bertz CT molecular complexity index is 204. The van der Waals surface area contributed by atoms with Crippen LogP contribution in [0, 0.1) is 5.92 Å². The van der Waals surface area contributed by atoms with E-state index >= 15 is 0 Å². The van der Waals surface area contributed by atoms with Crippen molar-refractivity contribution in [2.24, 2.45) is 5.92 Å². The molecule has 0 aliphatic carbocycles. The molecule has 0 spiro atoms. The standard InChI is InChI=1S/C19H40O3/c1-6-11-15-20-19(21-16-12-7-2,22-17-13-8-3)18(10-5)14-9-4/h18H,6-17H2,1-5H3. The summed E-state index contributed by atoms with van der Waals surface area (Å²) in [6.07, 6.45) is 9.79. The number of ether oxygens (including phenoxy) is 3. The van der Waals surface area contributed by atoms with Crippen LogP contribution < -0.4 is 0 Å². The Hall–Kier alpha value is -0.120. The molecule has 22 heavy (non-hydrogen) atoms. The van der Waals surface area contributed by atoms with Crippen LogP contribution in [0.15, 0.2) is 0 Å². The highest BCUT2D eigenvalue weighted by molar-refractivity contribution is 4.71. The van der Waals surface area contributed by atoms with E-state index in [1.807, 2.05) is 0 Å². The maximum atomic E-state index is 6.22. The third-order valence-electron chi connectivity index (χ3n) is 4.03. The largest absolute Gasteiger partial charge is 0.327 e. The fraction of sp³-hybridized carbons (Fsp3) is 1.00. The van der Waals surface area contributed by atoms with Crippen LogP contribution in [-0.2, 0) is 14.2 Å². The van der Waals surface area contributed by atoms with Gasteiger partial charge in [0.15, 0.2) is 0 Å². The summed E-state index contributed by atoms with van der Waals surface area (Å²) in [6, 6.07) is 0. The predicted octanol–water partition coefficient (Wildman–Crippen LogP) is 5.92. The third-order valence-corrected chi connectivity index (χ3v) is 4.03. The van der Waals surface area contributed by atoms with Gasteiger partial charge in [0.25, 0.3) is 5.97 Å². The molecule has 0 fully saturated rings. The number of rotatable bonds is 16. The van der Waals surface area contributed by atoms with Crippen LogP contribution in [0.25, 0.3) is 0 Å². The van der Waals surface area contributed by atoms with Gasteiger partial charge in [0.2, 0.25) is 0 Å². The van der Waals surface area contributed by atoms with E-state index < -0.39 is 5.97 Å². The molecule has 0 aromatic carbocycles. The summed E-state index contributed by atoms with van der Waals surface area (Å²) in [7, 11) is 0. The Balaban J connectivity index is 4.97. The van der Waals surface area contributed by atoms with E-state index in [-0.39, 0.29) is 0 Å². The minimum atomic E-state index is -0.829. The molecule has 0 rings (SSSR count). The van der Waals surface area contributed by atoms with Crippen LogP contribution in [0.4, 0.5) is 0 Å². The second kappa shape index (κ2) is 14.5. The van der Waals surface area contributed by atoms with Crippen molar-refractivity contribution in [2.45, 2.75) is 98.4 Å². The van der Waals surface area contributed by atoms with Gasteiger partial charge in [-0.15, -0.1) is 0 Å². The molecule has 1 atom stereocenters. The van der Waals surface area contributed by atoms with Crippen LogP contribution in [0.3, 0.4) is 0 Å². The zero-order chi connectivity index (χ0) is 16.7. The van der Waals surface area contributed by atoms with Crippen molar-refractivity contribution in [3.63, 3.8) is 0 Å². The van der Waals surface area contributed by atoms with Gasteiger partial charge in [-0.3, -0.25) is 0 Å². The number of unbranched alkanes of at least 4 members (excludes halogenated alkanes) is 3. The van der Waals surface area contributed by atoms with Crippen molar-refractivity contribution in [1.29, 1.82) is 0 Å². The molecule has 0 radical (unpaired) electrons. The van der Waals surface area contributed by atoms with Gasteiger partial charge in [0.05, 0.1) is 19.8 Å². The summed E-state index contributed by atoms with van der Waals surface area (Å²) in [4.78, 5) is 0. The fourth-order valence-corrected chi connectivity index (χ4v) is 2.53. The third kappa shape index (κ3) is 8.50. The molecule has 1 unspecified atom stereocenters. The van der Waals surface area contributed by atoms with Crippen molar-refractivity contribution >= 4 is 0 Å². The zero-order valence-electron chi connectivity index (χ0n) is 15.8. The molecular formula is C19H40O3. The minimum absolute atomic E-state index is 0.308. The van der Waals surface area contributed by atoms with Gasteiger partial charge < -0.3 is 14.2 Å². The lowest BCUT2D eigenvalue weighted by Gasteiger charge is -2.39. The summed E-state index contributed by atoms with van der Waals surface area (Å²) < 4.78 is 18.7. The molecule has 0 bridgehead atoms. The second-order valence-electron chi connectivity index (χ2n) is 6.10. The molecule has 3 heteroatoms. The van der Waals surface area contributed by atoms with Gasteiger partial charge in [-0.05, 0) is 32.1 Å². The van der Waals surface area contributed by atoms with Gasteiger partial charge in [0.1, 0.15) is 0 Å². The second-order valence-corrected chi connectivity index (χ2v) is 6.10. The normalized spacial score (nSPS) is 13.5. The van der Waals surface area contributed by atoms with Crippen LogP contribution in [0.2, 0.25) is 0 Å². The van der Waals surface area contributed by atoms with E-state index in [0.717, 1.165) is 77.6 Å². The Morgan fingerprint density at radius 2 is 1.05 bits per heavy atom. The average molecular weight is 317 g/mol. The lowest BCUT2D eigenvalue weighted by molar-refractivity contribution is -0.406. The molecule has 0 aliphatic rings. The van der Waals surface area contributed by atoms with Gasteiger partial charge >= 0.3 is 0 Å². The summed E-state index contributed by atoms with van der Waals surface area (Å²) in [6.45, 7) is 13.1. The Morgan fingerprint density at radius 3 is 1.32 bits per heavy atom. The fourth-order valence-electron chi connectivity index (χ4n) is 2.53. The molecule has 0 saturated carbocycles. The first-order chi connectivity index (χ1) is 10.7. The molecule has 3 nitrogen and oxygen atoms in total. The first-order valence-corrected chi connectivity index (χ1v) is 9.62. The van der Waals surface area contributed by atoms with Crippen LogP contribution in [0.1, 0.15) is 92.4 Å². The molecule has 0 aromatic rings. The summed E-state index contributed by atoms with van der Waals surface area (Å²) in [5.41, 5.74) is 0. The lowest BCUT2D eigenvalue weighted by Crippen LogP contribution is -2.47. The number of hydrogen-bond acceptors (Lipinski definition) is 3. The first kappa shape index (κ1) is 21.9. The maximum absolute atomic E-state index is 6.22. The van der Waals surface area contributed by atoms with Crippen molar-refractivity contribution in [2.75, 3.05) is 19.8 Å². The molecule has 0 aliphatic heterocycles. The van der Waals surface area contributed by atoms with Gasteiger partial charge in [0, 0.05) is 5.92 Å². The quantitative estimate of drug-likeness (QED) is 0.261. The highest BCUT2D eigenvalue weighted by Gasteiger charge is 2.41. The molecular weight excluding hydrogens is 276 g/mol. The van der Waals surface area contributed by atoms with E-state index in [1.165, 1.54) is 0 Å². The molecule has 134 valence electrons. The molecule has 0 N–H and O–H groups in total. The van der Waals surface area contributed by atoms with E-state index in [1.54, 1.807) is 0 Å². The SMILES string of the molecule is CCCCOC(OCCCC)(OCCCC)C(CC)CCC. The predicted molar refractivity (Wildman–Crippen MR) is 94.0 cm³/mol. The van der Waals surface area contributed by atoms with E-state index in [9.17, 15) is 0 Å². The van der Waals surface area contributed by atoms with Gasteiger partial charge in [-0.25, -0.2) is 0 Å². The smallest absolute Gasteiger partial charge is 0.285 e. The van der Waals surface area contributed by atoms with E-state index in [2.05, 4.69) is 34.6 Å². The summed E-state index contributed by atoms with van der Waals surface area (Å²) >= 11 is 0. The molecule has 0 saturated heterocycles. The highest BCUT2D eigenvalue weighted by Crippen LogP contribution is 2.33. The lowest BCUT2D eigenvalue weighted by atomic mass is 9.97. The Morgan fingerprint density at radius 1 is 0.636 bits per heavy atom. The topological polar surface area (TPSA) is 27.7 Å². The van der Waals surface area contributed by atoms with Crippen LogP contribution in [0.5, 0.6) is 0 Å². The summed E-state index contributed by atoms with van der Waals surface area (Å²) in [5, 5.41) is 0. The van der Waals surface area contributed by atoms with Gasteiger partial charge in [-0.1, -0.05) is 60.3 Å². The summed E-state index contributed by atoms with van der Waals surface area (Å²) in [5.74, 6) is -0.521. The molecule has 0 aromatic heterocycles. The van der Waals surface area contributed by atoms with Gasteiger partial charge in [-0.2, -0.15) is 0 Å². The first-order valence-electron chi connectivity index (χ1n) is 9.62. The van der Waals surface area contributed by atoms with E-state index in [4.69, 9.17) is 14.2 Å². The minimum Gasteiger partial charge on any atom is -0.327 e. The van der Waals surface area contributed by atoms with Crippen molar-refractivity contribution in [3.8, 4) is 0 Å². The van der Waals surface area contributed by atoms with Crippen molar-refractivity contribution in [1.82, 2.24) is 0 Å². The Labute approximate surface area is 139 Å². The monoisotopic (exact) mass is 316 g/mol. The zero-order valence-corrected chi connectivity index (χ0v) is 15.8. The molecule has 0 heterocycles. The van der Waals surface area contributed by atoms with E-state index in [0.29, 0.717) is 5.92 Å². The van der Waals surface area contributed by atoms with Crippen LogP contribution in [-0.4, -0.2) is 25.8 Å².